The van der Waals surface area contributed by atoms with Crippen molar-refractivity contribution >= 4 is 23.1 Å². The highest BCUT2D eigenvalue weighted by molar-refractivity contribution is 6.31. The van der Waals surface area contributed by atoms with Crippen LogP contribution in [0.1, 0.15) is 17.3 Å². The van der Waals surface area contributed by atoms with E-state index in [4.69, 9.17) is 11.6 Å². The minimum absolute atomic E-state index is 0.169. The summed E-state index contributed by atoms with van der Waals surface area (Å²) in [5, 5.41) is 10.6. The number of Topliss-reactive ketones (excluding diaryl/α,β-unsaturated/α-hetero) is 1. The molecule has 0 N–H and O–H groups in total. The third-order valence-electron chi connectivity index (χ3n) is 1.50. The molecule has 0 aliphatic rings. The van der Waals surface area contributed by atoms with Crippen LogP contribution in [0.15, 0.2) is 18.2 Å². The van der Waals surface area contributed by atoms with Crippen molar-refractivity contribution in [2.24, 2.45) is 0 Å². The number of carbonyl (C=O) groups is 1. The highest BCUT2D eigenvalue weighted by atomic mass is 35.5. The Balaban J connectivity index is 3.26. The zero-order valence-electron chi connectivity index (χ0n) is 6.78. The van der Waals surface area contributed by atoms with E-state index in [2.05, 4.69) is 0 Å². The van der Waals surface area contributed by atoms with Crippen molar-refractivity contribution in [1.82, 2.24) is 0 Å². The molecular formula is C8H6ClNO3. The summed E-state index contributed by atoms with van der Waals surface area (Å²) in [6, 6.07) is 3.80. The maximum absolute atomic E-state index is 10.9. The van der Waals surface area contributed by atoms with E-state index in [1.165, 1.54) is 25.1 Å². The van der Waals surface area contributed by atoms with Gasteiger partial charge in [0.2, 0.25) is 0 Å². The molecule has 0 spiro atoms. The Kier molecular flexibility index (Phi) is 2.63. The van der Waals surface area contributed by atoms with E-state index in [0.29, 0.717) is 0 Å². The topological polar surface area (TPSA) is 60.2 Å². The molecule has 1 rings (SSSR count). The van der Waals surface area contributed by atoms with Crippen LogP contribution in [0.5, 0.6) is 0 Å². The summed E-state index contributed by atoms with van der Waals surface area (Å²) in [5.41, 5.74) is 0.0805. The monoisotopic (exact) mass is 199 g/mol. The third kappa shape index (κ3) is 2.26. The Morgan fingerprint density at radius 2 is 2.08 bits per heavy atom. The molecule has 1 aromatic rings. The highest BCUT2D eigenvalue weighted by Crippen LogP contribution is 2.20. The van der Waals surface area contributed by atoms with Gasteiger partial charge in [0.25, 0.3) is 5.69 Å². The molecule has 0 atom stereocenters. The predicted octanol–water partition coefficient (Wildman–Crippen LogP) is 2.45. The summed E-state index contributed by atoms with van der Waals surface area (Å²) < 4.78 is 0. The van der Waals surface area contributed by atoms with Gasteiger partial charge in [-0.05, 0) is 13.0 Å². The van der Waals surface area contributed by atoms with E-state index in [0.717, 1.165) is 0 Å². The fourth-order valence-electron chi connectivity index (χ4n) is 0.883. The number of benzene rings is 1. The van der Waals surface area contributed by atoms with Crippen molar-refractivity contribution in [2.45, 2.75) is 6.92 Å². The van der Waals surface area contributed by atoms with Gasteiger partial charge in [0.1, 0.15) is 0 Å². The molecular weight excluding hydrogens is 194 g/mol. The summed E-state index contributed by atoms with van der Waals surface area (Å²) >= 11 is 5.58. The number of nitrogens with zero attached hydrogens (tertiary/aromatic N) is 1. The van der Waals surface area contributed by atoms with Crippen molar-refractivity contribution < 1.29 is 9.72 Å². The van der Waals surface area contributed by atoms with Crippen LogP contribution in [0.3, 0.4) is 0 Å². The SMILES string of the molecule is CC(=O)c1cc(Cl)cc([N+](=O)[O-])c1. The van der Waals surface area contributed by atoms with Gasteiger partial charge in [0.15, 0.2) is 5.78 Å². The van der Waals surface area contributed by atoms with Crippen LogP contribution in [-0.2, 0) is 0 Å². The van der Waals surface area contributed by atoms with Crippen molar-refractivity contribution in [3.8, 4) is 0 Å². The Morgan fingerprint density at radius 3 is 2.54 bits per heavy atom. The van der Waals surface area contributed by atoms with Crippen LogP contribution >= 0.6 is 11.6 Å². The van der Waals surface area contributed by atoms with Gasteiger partial charge in [-0.2, -0.15) is 0 Å². The quantitative estimate of drug-likeness (QED) is 0.418. The van der Waals surface area contributed by atoms with Crippen LogP contribution in [-0.4, -0.2) is 10.7 Å². The number of halogens is 1. The molecule has 0 saturated heterocycles. The van der Waals surface area contributed by atoms with Crippen molar-refractivity contribution in [3.63, 3.8) is 0 Å². The molecule has 0 bridgehead atoms. The second-order valence-corrected chi connectivity index (χ2v) is 2.95. The number of nitro benzene ring substituents is 1. The molecule has 0 saturated carbocycles. The summed E-state index contributed by atoms with van der Waals surface area (Å²) in [6.45, 7) is 1.33. The average molecular weight is 200 g/mol. The number of ketones is 1. The van der Waals surface area contributed by atoms with Crippen LogP contribution < -0.4 is 0 Å². The van der Waals surface area contributed by atoms with Crippen LogP contribution in [0.25, 0.3) is 0 Å². The first-order valence-electron chi connectivity index (χ1n) is 3.46. The zero-order chi connectivity index (χ0) is 10.0. The standard InChI is InChI=1S/C8H6ClNO3/c1-5(11)6-2-7(9)4-8(3-6)10(12)13/h2-4H,1H3. The Hall–Kier alpha value is -1.42. The molecule has 0 aromatic heterocycles. The number of rotatable bonds is 2. The van der Waals surface area contributed by atoms with Crippen molar-refractivity contribution in [3.05, 3.63) is 38.9 Å². The predicted molar refractivity (Wildman–Crippen MR) is 48.1 cm³/mol. The zero-order valence-corrected chi connectivity index (χ0v) is 7.54. The Labute approximate surface area is 79.3 Å². The third-order valence-corrected chi connectivity index (χ3v) is 1.72. The van der Waals surface area contributed by atoms with Crippen molar-refractivity contribution in [2.75, 3.05) is 0 Å². The number of hydrogen-bond donors (Lipinski definition) is 0. The number of non-ortho nitro benzene ring substituents is 1. The van der Waals surface area contributed by atoms with E-state index in [1.54, 1.807) is 0 Å². The largest absolute Gasteiger partial charge is 0.295 e. The lowest BCUT2D eigenvalue weighted by atomic mass is 10.1. The fourth-order valence-corrected chi connectivity index (χ4v) is 1.11. The van der Waals surface area contributed by atoms with E-state index in [9.17, 15) is 14.9 Å². The smallest absolute Gasteiger partial charge is 0.271 e. The first kappa shape index (κ1) is 9.67. The molecule has 0 aliphatic carbocycles. The van der Waals surface area contributed by atoms with Gasteiger partial charge in [0, 0.05) is 22.7 Å². The Morgan fingerprint density at radius 1 is 1.46 bits per heavy atom. The van der Waals surface area contributed by atoms with Gasteiger partial charge in [0.05, 0.1) is 4.92 Å². The summed E-state index contributed by atoms with van der Waals surface area (Å²) in [6.07, 6.45) is 0. The van der Waals surface area contributed by atoms with Gasteiger partial charge < -0.3 is 0 Å². The maximum Gasteiger partial charge on any atom is 0.271 e. The molecule has 0 fully saturated rings. The maximum atomic E-state index is 10.9. The van der Waals surface area contributed by atoms with Gasteiger partial charge in [-0.15, -0.1) is 0 Å². The first-order valence-corrected chi connectivity index (χ1v) is 3.84. The molecule has 0 radical (unpaired) electrons. The van der Waals surface area contributed by atoms with Gasteiger partial charge in [-0.25, -0.2) is 0 Å². The number of carbonyl (C=O) groups excluding carboxylic acids is 1. The second kappa shape index (κ2) is 3.53. The molecule has 13 heavy (non-hydrogen) atoms. The number of nitro groups is 1. The fraction of sp³-hybridized carbons (Fsp3) is 0.125. The van der Waals surface area contributed by atoms with Crippen LogP contribution in [0.2, 0.25) is 5.02 Å². The van der Waals surface area contributed by atoms with E-state index in [1.807, 2.05) is 0 Å². The lowest BCUT2D eigenvalue weighted by Gasteiger charge is -1.96. The number of hydrogen-bond acceptors (Lipinski definition) is 3. The van der Waals surface area contributed by atoms with Gasteiger partial charge in [-0.3, -0.25) is 14.9 Å². The Bertz CT molecular complexity index is 343. The lowest BCUT2D eigenvalue weighted by Crippen LogP contribution is -1.95. The molecule has 0 heterocycles. The summed E-state index contributed by atoms with van der Waals surface area (Å²) in [5.74, 6) is -0.245. The first-order chi connectivity index (χ1) is 6.00. The summed E-state index contributed by atoms with van der Waals surface area (Å²) in [7, 11) is 0. The molecule has 5 heteroatoms. The van der Waals surface area contributed by atoms with Crippen molar-refractivity contribution in [1.29, 1.82) is 0 Å². The van der Waals surface area contributed by atoms with E-state index in [-0.39, 0.29) is 22.1 Å². The van der Waals surface area contributed by atoms with Crippen LogP contribution in [0, 0.1) is 10.1 Å². The molecule has 0 amide bonds. The van der Waals surface area contributed by atoms with E-state index >= 15 is 0 Å². The molecule has 0 aliphatic heterocycles. The minimum atomic E-state index is -0.585. The second-order valence-electron chi connectivity index (χ2n) is 2.51. The van der Waals surface area contributed by atoms with Gasteiger partial charge >= 0.3 is 0 Å². The highest BCUT2D eigenvalue weighted by Gasteiger charge is 2.10. The summed E-state index contributed by atoms with van der Waals surface area (Å²) in [4.78, 5) is 20.7. The molecule has 4 nitrogen and oxygen atoms in total. The molecule has 68 valence electrons. The average Bonchev–Trinajstić information content (AvgIpc) is 2.03. The van der Waals surface area contributed by atoms with Crippen LogP contribution in [0.4, 0.5) is 5.69 Å². The van der Waals surface area contributed by atoms with Gasteiger partial charge in [-0.1, -0.05) is 11.6 Å². The normalized spacial score (nSPS) is 9.69. The molecule has 1 aromatic carbocycles. The lowest BCUT2D eigenvalue weighted by molar-refractivity contribution is -0.384. The molecule has 0 unspecified atom stereocenters. The van der Waals surface area contributed by atoms with E-state index < -0.39 is 4.92 Å². The minimum Gasteiger partial charge on any atom is -0.295 e.